The first-order chi connectivity index (χ1) is 13.9. The Morgan fingerprint density at radius 1 is 1.10 bits per heavy atom. The van der Waals surface area contributed by atoms with E-state index in [1.54, 1.807) is 24.3 Å². The van der Waals surface area contributed by atoms with E-state index >= 15 is 0 Å². The first-order valence-corrected chi connectivity index (χ1v) is 9.58. The molecule has 3 amide bonds. The third kappa shape index (κ3) is 4.77. The molecule has 2 aromatic carbocycles. The van der Waals surface area contributed by atoms with E-state index in [2.05, 4.69) is 17.6 Å². The number of fused-ring (bicyclic) bond motifs is 1. The number of phenols is 2. The van der Waals surface area contributed by atoms with Gasteiger partial charge in [-0.2, -0.15) is 0 Å². The van der Waals surface area contributed by atoms with E-state index in [0.717, 1.165) is 31.7 Å². The van der Waals surface area contributed by atoms with Gasteiger partial charge in [0, 0.05) is 16.8 Å². The van der Waals surface area contributed by atoms with Gasteiger partial charge in [0.1, 0.15) is 17.1 Å². The molecule has 29 heavy (non-hydrogen) atoms. The summed E-state index contributed by atoms with van der Waals surface area (Å²) in [5.41, 5.74) is -0.269. The number of ether oxygens (including phenoxy) is 1. The van der Waals surface area contributed by atoms with Crippen molar-refractivity contribution in [2.75, 3.05) is 6.61 Å². The van der Waals surface area contributed by atoms with E-state index in [9.17, 15) is 24.6 Å². The third-order valence-corrected chi connectivity index (χ3v) is 5.23. The van der Waals surface area contributed by atoms with Crippen molar-refractivity contribution in [2.24, 2.45) is 5.92 Å². The maximum Gasteiger partial charge on any atom is 0.342 e. The molecule has 1 aliphatic carbocycles. The summed E-state index contributed by atoms with van der Waals surface area (Å²) in [4.78, 5) is 36.1. The lowest BCUT2D eigenvalue weighted by atomic mass is 9.86. The van der Waals surface area contributed by atoms with E-state index < -0.39 is 24.5 Å². The van der Waals surface area contributed by atoms with E-state index in [1.807, 2.05) is 0 Å². The van der Waals surface area contributed by atoms with Gasteiger partial charge in [-0.05, 0) is 24.8 Å². The highest BCUT2D eigenvalue weighted by molar-refractivity contribution is 6.04. The molecule has 0 radical (unpaired) electrons. The first kappa shape index (κ1) is 20.4. The highest BCUT2D eigenvalue weighted by Crippen LogP contribution is 2.35. The van der Waals surface area contributed by atoms with Crippen molar-refractivity contribution in [1.82, 2.24) is 10.6 Å². The van der Waals surface area contributed by atoms with Gasteiger partial charge in [0.05, 0.1) is 0 Å². The molecule has 1 aliphatic rings. The topological polar surface area (TPSA) is 125 Å². The Labute approximate surface area is 167 Å². The van der Waals surface area contributed by atoms with Crippen molar-refractivity contribution in [3.8, 4) is 11.5 Å². The molecule has 0 bridgehead atoms. The van der Waals surface area contributed by atoms with Gasteiger partial charge in [0.15, 0.2) is 6.61 Å². The van der Waals surface area contributed by atoms with Crippen molar-refractivity contribution in [1.29, 1.82) is 0 Å². The molecule has 154 valence electrons. The SMILES string of the molecule is C[C@H]1CCCC[C@@H]1NC(=O)NC(=O)COC(=O)c1cc(O)c2ccccc2c1O. The number of imide groups is 1. The normalized spacial score (nSPS) is 18.8. The number of phenolic OH excluding ortho intramolecular Hbond substituents is 2. The zero-order valence-electron chi connectivity index (χ0n) is 16.1. The van der Waals surface area contributed by atoms with Crippen LogP contribution in [0.25, 0.3) is 10.8 Å². The summed E-state index contributed by atoms with van der Waals surface area (Å²) >= 11 is 0. The van der Waals surface area contributed by atoms with E-state index in [1.165, 1.54) is 0 Å². The Bertz CT molecular complexity index is 942. The molecule has 1 fully saturated rings. The molecule has 0 spiro atoms. The van der Waals surface area contributed by atoms with Gasteiger partial charge in [-0.3, -0.25) is 10.1 Å². The van der Waals surface area contributed by atoms with Crippen LogP contribution in [0.1, 0.15) is 43.0 Å². The number of hydrogen-bond donors (Lipinski definition) is 4. The van der Waals surface area contributed by atoms with Gasteiger partial charge < -0.3 is 20.3 Å². The van der Waals surface area contributed by atoms with E-state index in [-0.39, 0.29) is 28.5 Å². The quantitative estimate of drug-likeness (QED) is 0.462. The molecule has 3 rings (SSSR count). The summed E-state index contributed by atoms with van der Waals surface area (Å²) < 4.78 is 4.88. The molecule has 0 saturated heterocycles. The van der Waals surface area contributed by atoms with Gasteiger partial charge in [-0.25, -0.2) is 9.59 Å². The van der Waals surface area contributed by atoms with Crippen LogP contribution in [-0.2, 0) is 9.53 Å². The fourth-order valence-corrected chi connectivity index (χ4v) is 3.60. The maximum atomic E-state index is 12.2. The van der Waals surface area contributed by atoms with E-state index in [4.69, 9.17) is 4.74 Å². The highest BCUT2D eigenvalue weighted by atomic mass is 16.5. The van der Waals surface area contributed by atoms with Crippen LogP contribution in [0.15, 0.2) is 30.3 Å². The number of esters is 1. The van der Waals surface area contributed by atoms with E-state index in [0.29, 0.717) is 11.3 Å². The fraction of sp³-hybridized carbons (Fsp3) is 0.381. The second-order valence-electron chi connectivity index (χ2n) is 7.30. The van der Waals surface area contributed by atoms with Crippen LogP contribution in [-0.4, -0.2) is 40.8 Å². The Kier molecular flexibility index (Phi) is 6.21. The molecular formula is C21H24N2O6. The number of urea groups is 1. The Morgan fingerprint density at radius 3 is 2.52 bits per heavy atom. The smallest absolute Gasteiger partial charge is 0.342 e. The van der Waals surface area contributed by atoms with Crippen molar-refractivity contribution < 1.29 is 29.3 Å². The molecule has 4 N–H and O–H groups in total. The van der Waals surface area contributed by atoms with Crippen LogP contribution in [0.2, 0.25) is 0 Å². The summed E-state index contributed by atoms with van der Waals surface area (Å²) in [6, 6.07) is 6.93. The number of carbonyl (C=O) groups excluding carboxylic acids is 3. The zero-order valence-corrected chi connectivity index (χ0v) is 16.1. The Balaban J connectivity index is 1.56. The number of aromatic hydroxyl groups is 2. The molecule has 2 aromatic rings. The fourth-order valence-electron chi connectivity index (χ4n) is 3.60. The van der Waals surface area contributed by atoms with Gasteiger partial charge >= 0.3 is 12.0 Å². The lowest BCUT2D eigenvalue weighted by Gasteiger charge is -2.29. The molecule has 0 unspecified atom stereocenters. The summed E-state index contributed by atoms with van der Waals surface area (Å²) in [7, 11) is 0. The number of carbonyl (C=O) groups is 3. The number of amides is 3. The molecule has 0 aliphatic heterocycles. The zero-order chi connectivity index (χ0) is 21.0. The van der Waals surface area contributed by atoms with Crippen LogP contribution in [0, 0.1) is 5.92 Å². The van der Waals surface area contributed by atoms with Crippen LogP contribution in [0.3, 0.4) is 0 Å². The molecule has 8 nitrogen and oxygen atoms in total. The summed E-state index contributed by atoms with van der Waals surface area (Å²) in [6.45, 7) is 1.36. The standard InChI is InChI=1S/C21H24N2O6/c1-12-6-2-5-9-16(12)22-21(28)23-18(25)11-29-20(27)15-10-17(24)13-7-3-4-8-14(13)19(15)26/h3-4,7-8,10,12,16,24,26H,2,5-6,9,11H2,1H3,(H2,22,23,25,28)/t12-,16-/m0/s1. The van der Waals surface area contributed by atoms with Gasteiger partial charge in [-0.1, -0.05) is 44.0 Å². The Hall–Kier alpha value is -3.29. The van der Waals surface area contributed by atoms with Gasteiger partial charge in [-0.15, -0.1) is 0 Å². The lowest BCUT2D eigenvalue weighted by molar-refractivity contribution is -0.123. The van der Waals surface area contributed by atoms with Crippen molar-refractivity contribution >= 4 is 28.7 Å². The number of rotatable bonds is 4. The second-order valence-corrected chi connectivity index (χ2v) is 7.30. The first-order valence-electron chi connectivity index (χ1n) is 9.58. The maximum absolute atomic E-state index is 12.2. The summed E-state index contributed by atoms with van der Waals surface area (Å²) in [5, 5.41) is 25.9. The largest absolute Gasteiger partial charge is 0.507 e. The van der Waals surface area contributed by atoms with Crippen LogP contribution in [0.5, 0.6) is 11.5 Å². The van der Waals surface area contributed by atoms with Crippen LogP contribution in [0.4, 0.5) is 4.79 Å². The van der Waals surface area contributed by atoms with Crippen molar-refractivity contribution in [3.63, 3.8) is 0 Å². The second kappa shape index (κ2) is 8.81. The molecule has 1 saturated carbocycles. The molecule has 2 atom stereocenters. The number of benzene rings is 2. The van der Waals surface area contributed by atoms with Crippen molar-refractivity contribution in [3.05, 3.63) is 35.9 Å². The van der Waals surface area contributed by atoms with Crippen molar-refractivity contribution in [2.45, 2.75) is 38.6 Å². The average molecular weight is 400 g/mol. The predicted octanol–water partition coefficient (Wildman–Crippen LogP) is 2.81. The minimum absolute atomic E-state index is 0.0108. The monoisotopic (exact) mass is 400 g/mol. The minimum Gasteiger partial charge on any atom is -0.507 e. The number of hydrogen-bond acceptors (Lipinski definition) is 6. The summed E-state index contributed by atoms with van der Waals surface area (Å²) in [6.07, 6.45) is 4.05. The minimum atomic E-state index is -0.986. The average Bonchev–Trinajstić information content (AvgIpc) is 2.70. The Morgan fingerprint density at radius 2 is 1.79 bits per heavy atom. The predicted molar refractivity (Wildman–Crippen MR) is 106 cm³/mol. The van der Waals surface area contributed by atoms with Gasteiger partial charge in [0.2, 0.25) is 0 Å². The van der Waals surface area contributed by atoms with Crippen LogP contribution < -0.4 is 10.6 Å². The van der Waals surface area contributed by atoms with Gasteiger partial charge in [0.25, 0.3) is 5.91 Å². The summed E-state index contributed by atoms with van der Waals surface area (Å²) in [5.74, 6) is -1.99. The lowest BCUT2D eigenvalue weighted by Crippen LogP contribution is -2.48. The molecular weight excluding hydrogens is 376 g/mol. The highest BCUT2D eigenvalue weighted by Gasteiger charge is 2.24. The molecule has 0 aromatic heterocycles. The number of nitrogens with one attached hydrogen (secondary N) is 2. The molecule has 0 heterocycles. The third-order valence-electron chi connectivity index (χ3n) is 5.23. The molecule has 8 heteroatoms. The van der Waals surface area contributed by atoms with Crippen LogP contribution >= 0.6 is 0 Å².